The summed E-state index contributed by atoms with van der Waals surface area (Å²) >= 11 is 1.77. The molecule has 0 radical (unpaired) electrons. The highest BCUT2D eigenvalue weighted by Crippen LogP contribution is 2.24. The number of aryl methyl sites for hydroxylation is 2. The lowest BCUT2D eigenvalue weighted by Crippen LogP contribution is -2.36. The van der Waals surface area contributed by atoms with Crippen LogP contribution in [0.2, 0.25) is 0 Å². The summed E-state index contributed by atoms with van der Waals surface area (Å²) in [4.78, 5) is 22.8. The summed E-state index contributed by atoms with van der Waals surface area (Å²) in [7, 11) is 0. The second-order valence-electron chi connectivity index (χ2n) is 9.04. The van der Waals surface area contributed by atoms with E-state index < -0.39 is 11.6 Å². The molecule has 188 valence electrons. The van der Waals surface area contributed by atoms with Gasteiger partial charge in [0, 0.05) is 30.6 Å². The fourth-order valence-electron chi connectivity index (χ4n) is 4.25. The van der Waals surface area contributed by atoms with Crippen molar-refractivity contribution in [3.63, 3.8) is 0 Å². The number of benzene rings is 1. The van der Waals surface area contributed by atoms with Gasteiger partial charge in [-0.25, -0.2) is 18.6 Å². The van der Waals surface area contributed by atoms with Crippen molar-refractivity contribution in [2.45, 2.75) is 89.1 Å². The maximum Gasteiger partial charge on any atom is 0.321 e. The molecule has 0 fully saturated rings. The molecular formula is C26H38F2N4OS. The monoisotopic (exact) mass is 492 g/mol. The van der Waals surface area contributed by atoms with E-state index in [9.17, 15) is 13.6 Å². The average Bonchev–Trinajstić information content (AvgIpc) is 3.24. The lowest BCUT2D eigenvalue weighted by Gasteiger charge is -2.23. The highest BCUT2D eigenvalue weighted by atomic mass is 32.2. The molecule has 1 aliphatic carbocycles. The van der Waals surface area contributed by atoms with Crippen LogP contribution in [0.25, 0.3) is 0 Å². The van der Waals surface area contributed by atoms with Crippen LogP contribution < -0.4 is 5.32 Å². The number of imidazole rings is 1. The van der Waals surface area contributed by atoms with Crippen LogP contribution in [0.1, 0.15) is 82.5 Å². The Balaban J connectivity index is 1.41. The number of carbonyl (C=O) groups is 1. The maximum absolute atomic E-state index is 14.0. The molecule has 0 aliphatic heterocycles. The van der Waals surface area contributed by atoms with Crippen molar-refractivity contribution in [1.29, 1.82) is 0 Å². The number of anilines is 1. The first-order chi connectivity index (χ1) is 16.6. The number of halogens is 2. The number of hydrogen-bond acceptors (Lipinski definition) is 3. The largest absolute Gasteiger partial charge is 0.337 e. The highest BCUT2D eigenvalue weighted by molar-refractivity contribution is 7.99. The normalized spacial score (nSPS) is 13.0. The molecule has 34 heavy (non-hydrogen) atoms. The van der Waals surface area contributed by atoms with Gasteiger partial charge in [0.05, 0.1) is 11.4 Å². The van der Waals surface area contributed by atoms with Gasteiger partial charge in [0.25, 0.3) is 0 Å². The van der Waals surface area contributed by atoms with E-state index in [-0.39, 0.29) is 11.7 Å². The van der Waals surface area contributed by atoms with Crippen LogP contribution in [0.3, 0.4) is 0 Å². The van der Waals surface area contributed by atoms with Gasteiger partial charge in [0.15, 0.2) is 5.16 Å². The van der Waals surface area contributed by atoms with E-state index in [1.54, 1.807) is 16.7 Å². The summed E-state index contributed by atoms with van der Waals surface area (Å²) in [5.74, 6) is -0.417. The lowest BCUT2D eigenvalue weighted by atomic mass is 10.0. The number of nitrogens with one attached hydrogen (secondary N) is 2. The van der Waals surface area contributed by atoms with E-state index in [1.807, 2.05) is 0 Å². The average molecular weight is 493 g/mol. The number of urea groups is 1. The van der Waals surface area contributed by atoms with Crippen molar-refractivity contribution in [3.8, 4) is 0 Å². The van der Waals surface area contributed by atoms with Gasteiger partial charge in [0.2, 0.25) is 0 Å². The summed E-state index contributed by atoms with van der Waals surface area (Å²) in [6, 6.07) is 2.89. The zero-order valence-electron chi connectivity index (χ0n) is 20.3. The Hall–Kier alpha value is -2.09. The molecule has 1 aliphatic rings. The van der Waals surface area contributed by atoms with E-state index in [1.165, 1.54) is 43.1 Å². The molecule has 0 unspecified atom stereocenters. The fraction of sp³-hybridized carbons (Fsp3) is 0.615. The molecule has 1 aromatic carbocycles. The Kier molecular flexibility index (Phi) is 11.2. The highest BCUT2D eigenvalue weighted by Gasteiger charge is 2.16. The standard InChI is InChI=1S/C26H38F2N4OS/c1-2-3-4-5-9-16-32(26(33)31-22-15-14-20(27)19-21(22)28)17-10-6-11-18-34-25-29-23-12-7-8-13-24(23)30-25/h14-15,19H,2-13,16-18H2,1H3,(H,29,30)(H,31,33). The van der Waals surface area contributed by atoms with Gasteiger partial charge in [-0.05, 0) is 57.1 Å². The number of H-pyrrole nitrogens is 1. The Morgan fingerprint density at radius 3 is 2.53 bits per heavy atom. The van der Waals surface area contributed by atoms with Crippen LogP contribution in [-0.4, -0.2) is 39.7 Å². The van der Waals surface area contributed by atoms with Crippen molar-refractivity contribution in [1.82, 2.24) is 14.9 Å². The van der Waals surface area contributed by atoms with Crippen molar-refractivity contribution < 1.29 is 13.6 Å². The van der Waals surface area contributed by atoms with Crippen molar-refractivity contribution >= 4 is 23.5 Å². The molecule has 0 atom stereocenters. The first-order valence-electron chi connectivity index (χ1n) is 12.8. The molecule has 2 N–H and O–H groups in total. The third kappa shape index (κ3) is 8.60. The summed E-state index contributed by atoms with van der Waals surface area (Å²) in [6.45, 7) is 3.45. The Morgan fingerprint density at radius 2 is 1.79 bits per heavy atom. The molecule has 2 aromatic rings. The van der Waals surface area contributed by atoms with Gasteiger partial charge in [0.1, 0.15) is 11.6 Å². The van der Waals surface area contributed by atoms with Gasteiger partial charge in [-0.2, -0.15) is 0 Å². The second kappa shape index (κ2) is 14.3. The number of aromatic amines is 1. The number of thioether (sulfide) groups is 1. The van der Waals surface area contributed by atoms with Crippen molar-refractivity contribution in [3.05, 3.63) is 41.2 Å². The van der Waals surface area contributed by atoms with Crippen LogP contribution in [0.4, 0.5) is 19.3 Å². The third-order valence-electron chi connectivity index (χ3n) is 6.24. The minimum absolute atomic E-state index is 0.0138. The van der Waals surface area contributed by atoms with Crippen LogP contribution in [0, 0.1) is 11.6 Å². The van der Waals surface area contributed by atoms with E-state index in [2.05, 4.69) is 17.2 Å². The molecule has 3 rings (SSSR count). The Labute approximate surface area is 206 Å². The molecule has 1 heterocycles. The van der Waals surface area contributed by atoms with E-state index >= 15 is 0 Å². The topological polar surface area (TPSA) is 61.0 Å². The van der Waals surface area contributed by atoms with E-state index in [0.717, 1.165) is 74.4 Å². The lowest BCUT2D eigenvalue weighted by molar-refractivity contribution is 0.209. The molecule has 0 saturated heterocycles. The number of aromatic nitrogens is 2. The molecule has 1 aromatic heterocycles. The Bertz CT molecular complexity index is 881. The smallest absolute Gasteiger partial charge is 0.321 e. The van der Waals surface area contributed by atoms with Gasteiger partial charge >= 0.3 is 6.03 Å². The minimum atomic E-state index is -0.757. The third-order valence-corrected chi connectivity index (χ3v) is 7.20. The number of unbranched alkanes of at least 4 members (excludes halogenated alkanes) is 6. The predicted molar refractivity (Wildman–Crippen MR) is 136 cm³/mol. The molecule has 0 saturated carbocycles. The molecule has 8 heteroatoms. The fourth-order valence-corrected chi connectivity index (χ4v) is 5.16. The number of fused-ring (bicyclic) bond motifs is 1. The quantitative estimate of drug-likeness (QED) is 0.214. The van der Waals surface area contributed by atoms with E-state index in [4.69, 9.17) is 4.98 Å². The predicted octanol–water partition coefficient (Wildman–Crippen LogP) is 7.33. The molecule has 0 spiro atoms. The Morgan fingerprint density at radius 1 is 1.06 bits per heavy atom. The number of hydrogen-bond donors (Lipinski definition) is 2. The van der Waals surface area contributed by atoms with Crippen LogP contribution in [-0.2, 0) is 12.8 Å². The molecular weight excluding hydrogens is 454 g/mol. The number of carbonyl (C=O) groups excluding carboxylic acids is 1. The van der Waals surface area contributed by atoms with E-state index in [0.29, 0.717) is 13.1 Å². The maximum atomic E-state index is 14.0. The molecule has 5 nitrogen and oxygen atoms in total. The van der Waals surface area contributed by atoms with Gasteiger partial charge in [-0.15, -0.1) is 0 Å². The van der Waals surface area contributed by atoms with Crippen molar-refractivity contribution in [2.75, 3.05) is 24.2 Å². The van der Waals surface area contributed by atoms with Crippen LogP contribution >= 0.6 is 11.8 Å². The van der Waals surface area contributed by atoms with Crippen LogP contribution in [0.15, 0.2) is 23.4 Å². The van der Waals surface area contributed by atoms with Gasteiger partial charge in [-0.1, -0.05) is 50.8 Å². The zero-order valence-corrected chi connectivity index (χ0v) is 21.1. The SMILES string of the molecule is CCCCCCCN(CCCCCSc1nc2c([nH]1)CCCC2)C(=O)Nc1ccc(F)cc1F. The molecule has 2 amide bonds. The number of amides is 2. The first kappa shape index (κ1) is 26.5. The van der Waals surface area contributed by atoms with Gasteiger partial charge in [-0.3, -0.25) is 0 Å². The minimum Gasteiger partial charge on any atom is -0.337 e. The zero-order chi connectivity index (χ0) is 24.2. The summed E-state index contributed by atoms with van der Waals surface area (Å²) in [6.07, 6.45) is 13.2. The second-order valence-corrected chi connectivity index (χ2v) is 10.1. The summed E-state index contributed by atoms with van der Waals surface area (Å²) < 4.78 is 27.2. The summed E-state index contributed by atoms with van der Waals surface area (Å²) in [5.41, 5.74) is 2.57. The summed E-state index contributed by atoms with van der Waals surface area (Å²) in [5, 5.41) is 3.64. The van der Waals surface area contributed by atoms with Crippen LogP contribution in [0.5, 0.6) is 0 Å². The van der Waals surface area contributed by atoms with Gasteiger partial charge < -0.3 is 15.2 Å². The molecule has 0 bridgehead atoms. The number of nitrogens with zero attached hydrogens (tertiary/aromatic N) is 2. The van der Waals surface area contributed by atoms with Crippen molar-refractivity contribution in [2.24, 2.45) is 0 Å². The number of rotatable bonds is 14. The first-order valence-corrected chi connectivity index (χ1v) is 13.8.